The summed E-state index contributed by atoms with van der Waals surface area (Å²) in [5, 5.41) is 12.4. The van der Waals surface area contributed by atoms with E-state index in [2.05, 4.69) is 5.32 Å². The predicted molar refractivity (Wildman–Crippen MR) is 67.6 cm³/mol. The lowest BCUT2D eigenvalue weighted by molar-refractivity contribution is -0.00000525. The monoisotopic (exact) mass is 274 g/mol. The predicted octanol–water partition coefficient (Wildman–Crippen LogP) is -1.43. The van der Waals surface area contributed by atoms with Gasteiger partial charge in [0.2, 0.25) is 0 Å². The first-order valence-corrected chi connectivity index (χ1v) is 5.80. The Balaban J connectivity index is 0.00000289. The van der Waals surface area contributed by atoms with E-state index in [1.807, 2.05) is 25.1 Å². The second-order valence-electron chi connectivity index (χ2n) is 3.85. The first kappa shape index (κ1) is 17.0. The van der Waals surface area contributed by atoms with Crippen molar-refractivity contribution in [3.63, 3.8) is 0 Å². The highest BCUT2D eigenvalue weighted by Gasteiger charge is 2.08. The Hall–Kier alpha value is -0.970. The molecule has 0 saturated heterocycles. The van der Waals surface area contributed by atoms with Crippen LogP contribution < -0.4 is 27.2 Å². The lowest BCUT2D eigenvalue weighted by Crippen LogP contribution is -3.00. The summed E-state index contributed by atoms with van der Waals surface area (Å²) in [4.78, 5) is 0. The van der Waals surface area contributed by atoms with Gasteiger partial charge in [0.05, 0.1) is 20.8 Å². The molecule has 0 aromatic heterocycles. The lowest BCUT2D eigenvalue weighted by Gasteiger charge is -2.16. The topological polar surface area (TPSA) is 50.7 Å². The fourth-order valence-corrected chi connectivity index (χ4v) is 1.59. The quantitative estimate of drug-likeness (QED) is 0.640. The summed E-state index contributed by atoms with van der Waals surface area (Å²) in [7, 11) is 3.27. The molecule has 1 atom stereocenters. The first-order chi connectivity index (χ1) is 8.24. The number of ether oxygens (including phenoxy) is 2. The van der Waals surface area contributed by atoms with Crippen LogP contribution in [0.3, 0.4) is 0 Å². The van der Waals surface area contributed by atoms with Crippen LogP contribution in [0.4, 0.5) is 0 Å². The molecule has 0 radical (unpaired) electrons. The van der Waals surface area contributed by atoms with Gasteiger partial charge in [-0.1, -0.05) is 13.0 Å². The van der Waals surface area contributed by atoms with E-state index in [4.69, 9.17) is 14.6 Å². The van der Waals surface area contributed by atoms with E-state index >= 15 is 0 Å². The third kappa shape index (κ3) is 4.72. The number of hydrogen-bond acceptors (Lipinski definition) is 4. The molecule has 2 N–H and O–H groups in total. The van der Waals surface area contributed by atoms with Gasteiger partial charge in [-0.25, -0.2) is 0 Å². The van der Waals surface area contributed by atoms with E-state index in [1.165, 1.54) is 0 Å². The number of benzene rings is 1. The Morgan fingerprint density at radius 2 is 2.00 bits per heavy atom. The van der Waals surface area contributed by atoms with Crippen molar-refractivity contribution in [1.82, 2.24) is 5.32 Å². The van der Waals surface area contributed by atoms with Crippen LogP contribution in [0.25, 0.3) is 0 Å². The SMILES string of the molecule is CCC(CO)NCc1ccc(OC)cc1OC.[Cl-]. The van der Waals surface area contributed by atoms with Crippen LogP contribution in [0, 0.1) is 0 Å². The number of halogens is 1. The normalized spacial score (nSPS) is 11.6. The van der Waals surface area contributed by atoms with Crippen molar-refractivity contribution in [2.45, 2.75) is 25.9 Å². The lowest BCUT2D eigenvalue weighted by atomic mass is 10.1. The van der Waals surface area contributed by atoms with E-state index in [0.29, 0.717) is 6.54 Å². The molecule has 0 spiro atoms. The molecule has 0 amide bonds. The number of aliphatic hydroxyl groups is 1. The molecule has 1 unspecified atom stereocenters. The first-order valence-electron chi connectivity index (χ1n) is 5.80. The smallest absolute Gasteiger partial charge is 0.127 e. The minimum atomic E-state index is 0. The van der Waals surface area contributed by atoms with Crippen LogP contribution in [-0.4, -0.2) is 32.0 Å². The number of hydrogen-bond donors (Lipinski definition) is 2. The largest absolute Gasteiger partial charge is 1.00 e. The van der Waals surface area contributed by atoms with E-state index < -0.39 is 0 Å². The molecule has 0 aliphatic heterocycles. The zero-order valence-electron chi connectivity index (χ0n) is 11.1. The van der Waals surface area contributed by atoms with Crippen LogP contribution in [-0.2, 0) is 6.54 Å². The molecule has 0 aliphatic carbocycles. The van der Waals surface area contributed by atoms with E-state index in [0.717, 1.165) is 23.5 Å². The van der Waals surface area contributed by atoms with Gasteiger partial charge in [0.1, 0.15) is 11.5 Å². The van der Waals surface area contributed by atoms with Crippen LogP contribution in [0.15, 0.2) is 18.2 Å². The van der Waals surface area contributed by atoms with Crippen molar-refractivity contribution in [2.24, 2.45) is 0 Å². The van der Waals surface area contributed by atoms with Crippen molar-refractivity contribution in [3.8, 4) is 11.5 Å². The van der Waals surface area contributed by atoms with E-state index in [9.17, 15) is 0 Å². The van der Waals surface area contributed by atoms with Gasteiger partial charge in [-0.2, -0.15) is 0 Å². The summed E-state index contributed by atoms with van der Waals surface area (Å²) in [6.45, 7) is 2.86. The number of aliphatic hydroxyl groups excluding tert-OH is 1. The Kier molecular flexibility index (Phi) is 8.54. The molecule has 0 saturated carbocycles. The van der Waals surface area contributed by atoms with Gasteiger partial charge >= 0.3 is 0 Å². The van der Waals surface area contributed by atoms with Crippen LogP contribution in [0.1, 0.15) is 18.9 Å². The minimum absolute atomic E-state index is 0. The second-order valence-corrected chi connectivity index (χ2v) is 3.85. The fraction of sp³-hybridized carbons (Fsp3) is 0.538. The fourth-order valence-electron chi connectivity index (χ4n) is 1.59. The van der Waals surface area contributed by atoms with Crippen molar-refractivity contribution in [3.05, 3.63) is 23.8 Å². The van der Waals surface area contributed by atoms with Gasteiger partial charge in [-0.3, -0.25) is 0 Å². The van der Waals surface area contributed by atoms with Gasteiger partial charge in [0.25, 0.3) is 0 Å². The third-order valence-electron chi connectivity index (χ3n) is 2.79. The maximum atomic E-state index is 9.10. The molecular formula is C13H21ClNO3-. The maximum absolute atomic E-state index is 9.10. The Labute approximate surface area is 115 Å². The molecule has 0 aliphatic rings. The molecule has 0 bridgehead atoms. The second kappa shape index (κ2) is 9.03. The van der Waals surface area contributed by atoms with E-state index in [-0.39, 0.29) is 25.1 Å². The number of methoxy groups -OCH3 is 2. The highest BCUT2D eigenvalue weighted by Crippen LogP contribution is 2.24. The van der Waals surface area contributed by atoms with Crippen molar-refractivity contribution >= 4 is 0 Å². The maximum Gasteiger partial charge on any atom is 0.127 e. The third-order valence-corrected chi connectivity index (χ3v) is 2.79. The summed E-state index contributed by atoms with van der Waals surface area (Å²) in [5.41, 5.74) is 1.06. The molecule has 0 fully saturated rings. The molecule has 1 rings (SSSR count). The average Bonchev–Trinajstić information content (AvgIpc) is 2.39. The molecule has 104 valence electrons. The zero-order chi connectivity index (χ0) is 12.7. The molecule has 1 aromatic carbocycles. The Morgan fingerprint density at radius 1 is 1.28 bits per heavy atom. The highest BCUT2D eigenvalue weighted by molar-refractivity contribution is 5.40. The van der Waals surface area contributed by atoms with Gasteiger partial charge < -0.3 is 32.3 Å². The Bertz CT molecular complexity index is 343. The van der Waals surface area contributed by atoms with Gasteiger partial charge in [0.15, 0.2) is 0 Å². The summed E-state index contributed by atoms with van der Waals surface area (Å²) >= 11 is 0. The summed E-state index contributed by atoms with van der Waals surface area (Å²) in [5.74, 6) is 1.57. The standard InChI is InChI=1S/C13H21NO3.ClH/c1-4-11(9-15)14-8-10-5-6-12(16-2)7-13(10)17-3;/h5-7,11,14-15H,4,8-9H2,1-3H3;1H/p-1. The van der Waals surface area contributed by atoms with Crippen LogP contribution >= 0.6 is 0 Å². The van der Waals surface area contributed by atoms with Crippen LogP contribution in [0.5, 0.6) is 11.5 Å². The van der Waals surface area contributed by atoms with Crippen LogP contribution in [0.2, 0.25) is 0 Å². The summed E-state index contributed by atoms with van der Waals surface area (Å²) < 4.78 is 10.4. The highest BCUT2D eigenvalue weighted by atomic mass is 35.5. The summed E-state index contributed by atoms with van der Waals surface area (Å²) in [6, 6.07) is 5.85. The molecule has 18 heavy (non-hydrogen) atoms. The average molecular weight is 275 g/mol. The van der Waals surface area contributed by atoms with Gasteiger partial charge in [-0.15, -0.1) is 0 Å². The minimum Gasteiger partial charge on any atom is -1.00 e. The number of rotatable bonds is 7. The molecule has 0 heterocycles. The molecule has 1 aromatic rings. The zero-order valence-corrected chi connectivity index (χ0v) is 11.8. The van der Waals surface area contributed by atoms with Crippen molar-refractivity contribution in [1.29, 1.82) is 0 Å². The Morgan fingerprint density at radius 3 is 2.50 bits per heavy atom. The van der Waals surface area contributed by atoms with Gasteiger partial charge in [0, 0.05) is 24.2 Å². The molecule has 5 heteroatoms. The van der Waals surface area contributed by atoms with Crippen molar-refractivity contribution in [2.75, 3.05) is 20.8 Å². The van der Waals surface area contributed by atoms with E-state index in [1.54, 1.807) is 14.2 Å². The van der Waals surface area contributed by atoms with Gasteiger partial charge in [-0.05, 0) is 12.5 Å². The van der Waals surface area contributed by atoms with Crippen molar-refractivity contribution < 1.29 is 27.0 Å². The molecular weight excluding hydrogens is 254 g/mol. The number of nitrogens with one attached hydrogen (secondary N) is 1. The summed E-state index contributed by atoms with van der Waals surface area (Å²) in [6.07, 6.45) is 0.898. The molecule has 4 nitrogen and oxygen atoms in total.